The lowest BCUT2D eigenvalue weighted by Gasteiger charge is -2.11. The van der Waals surface area contributed by atoms with Gasteiger partial charge in [0.05, 0.1) is 89.2 Å². The average Bonchev–Trinajstić information content (AvgIpc) is 1.60. The number of aliphatic hydroxyl groups is 2. The van der Waals surface area contributed by atoms with Crippen LogP contribution >= 0.6 is 69.6 Å². The number of halogens is 6. The van der Waals surface area contributed by atoms with Crippen LogP contribution in [0.15, 0.2) is 133 Å². The second-order valence-corrected chi connectivity index (χ2v) is 26.5. The maximum atomic E-state index is 12.5. The molecular formula is C75H52Cl6N8O12. The van der Waals surface area contributed by atoms with E-state index >= 15 is 0 Å². The van der Waals surface area contributed by atoms with E-state index in [1.165, 1.54) is 6.92 Å². The first-order valence-corrected chi connectivity index (χ1v) is 33.1. The van der Waals surface area contributed by atoms with Gasteiger partial charge in [-0.3, -0.25) is 69.2 Å². The average molecular weight is 1470 g/mol. The van der Waals surface area contributed by atoms with Gasteiger partial charge >= 0.3 is 0 Å². The normalized spacial score (nSPS) is 14.0. The number of hydrogen-bond donors (Lipinski definition) is 6. The maximum Gasteiger partial charge on any atom is 0.259 e. The number of amides is 8. The molecule has 4 aliphatic heterocycles. The molecule has 20 nitrogen and oxygen atoms in total. The molecule has 16 rings (SSSR count). The number of Topliss-reactive ketones (excluding diaryl/α,β-unsaturated/α-hetero) is 1. The van der Waals surface area contributed by atoms with Crippen molar-refractivity contribution in [3.8, 4) is 44.5 Å². The van der Waals surface area contributed by atoms with E-state index in [2.05, 4.69) is 21.3 Å². The zero-order valence-electron chi connectivity index (χ0n) is 54.0. The molecule has 4 aromatic heterocycles. The molecule has 2 atom stereocenters. The van der Waals surface area contributed by atoms with E-state index in [9.17, 15) is 58.2 Å². The summed E-state index contributed by atoms with van der Waals surface area (Å²) in [7, 11) is 7.02. The summed E-state index contributed by atoms with van der Waals surface area (Å²) in [5.74, 6) is -4.04. The first-order chi connectivity index (χ1) is 48.1. The van der Waals surface area contributed by atoms with Crippen LogP contribution < -0.4 is 21.3 Å². The molecule has 0 radical (unpaired) electrons. The molecule has 506 valence electrons. The number of aldehydes is 1. The monoisotopic (exact) mass is 1470 g/mol. The quantitative estimate of drug-likeness (QED) is 0.0471. The highest BCUT2D eigenvalue weighted by Crippen LogP contribution is 2.47. The molecule has 8 heterocycles. The molecule has 0 fully saturated rings. The molecule has 26 heteroatoms. The van der Waals surface area contributed by atoms with Crippen LogP contribution in [-0.2, 0) is 28.2 Å². The third-order valence-electron chi connectivity index (χ3n) is 18.3. The van der Waals surface area contributed by atoms with E-state index in [1.807, 2.05) is 48.0 Å². The number of nitrogens with zero attached hydrogens (tertiary/aromatic N) is 4. The molecule has 8 aromatic carbocycles. The lowest BCUT2D eigenvalue weighted by molar-refractivity contribution is 0.0863. The van der Waals surface area contributed by atoms with Gasteiger partial charge in [-0.15, -0.1) is 0 Å². The number of fused-ring (bicyclic) bond motifs is 12. The Balaban J connectivity index is 0.000000120. The zero-order chi connectivity index (χ0) is 72.4. The topological polar surface area (TPSA) is 279 Å². The van der Waals surface area contributed by atoms with Crippen molar-refractivity contribution in [2.45, 2.75) is 33.0 Å². The summed E-state index contributed by atoms with van der Waals surface area (Å²) in [6.07, 6.45) is -0.813. The highest BCUT2D eigenvalue weighted by atomic mass is 35.5. The summed E-state index contributed by atoms with van der Waals surface area (Å²) in [5, 5.41) is 33.9. The molecule has 12 aromatic rings. The first-order valence-electron chi connectivity index (χ1n) is 30.8. The van der Waals surface area contributed by atoms with Gasteiger partial charge in [0.2, 0.25) is 0 Å². The molecule has 0 spiro atoms. The highest BCUT2D eigenvalue weighted by Gasteiger charge is 2.40. The minimum Gasteiger partial charge on any atom is -0.387 e. The molecule has 6 N–H and O–H groups in total. The van der Waals surface area contributed by atoms with Gasteiger partial charge in [-0.25, -0.2) is 0 Å². The number of carbonyl (C=O) groups excluding carboxylic acids is 10. The number of ketones is 1. The maximum absolute atomic E-state index is 12.5. The van der Waals surface area contributed by atoms with E-state index in [1.54, 1.807) is 146 Å². The van der Waals surface area contributed by atoms with E-state index in [0.29, 0.717) is 136 Å². The van der Waals surface area contributed by atoms with Gasteiger partial charge in [0.1, 0.15) is 5.69 Å². The number of aryl methyl sites for hydroxylation is 4. The first kappa shape index (κ1) is 69.0. The van der Waals surface area contributed by atoms with Gasteiger partial charge in [-0.05, 0) is 96.8 Å². The number of carbonyl (C=O) groups is 10. The van der Waals surface area contributed by atoms with Crippen LogP contribution in [0, 0.1) is 0 Å². The Morgan fingerprint density at radius 2 is 0.703 bits per heavy atom. The largest absolute Gasteiger partial charge is 0.387 e. The van der Waals surface area contributed by atoms with Gasteiger partial charge in [-0.2, -0.15) is 0 Å². The lowest BCUT2D eigenvalue weighted by Crippen LogP contribution is -2.20. The van der Waals surface area contributed by atoms with Crippen molar-refractivity contribution in [2.24, 2.45) is 28.2 Å². The SMILES string of the molecule is CC(=O)c1c(Cl)c2c3c(c(-c4ccccc4Cl)cc2n1C)C(=O)NC3=O.CC(O)c1c(Cl)c2c3c(c(-c4ccccc4Cl)cc2n1C)C(=O)NC3=O.CC(O)c1cc2c3c(c(-c4ccccc4Cl)cc2n1C)C(=O)NC3=O.Cn1c(C=O)cc2c3c(c(-c4ccccc4Cl)cc21)C(=O)NC3=O. The van der Waals surface area contributed by atoms with Crippen LogP contribution in [0.2, 0.25) is 30.1 Å². The van der Waals surface area contributed by atoms with Gasteiger partial charge in [0, 0.05) is 116 Å². The van der Waals surface area contributed by atoms with Crippen molar-refractivity contribution < 1.29 is 58.2 Å². The zero-order valence-corrected chi connectivity index (χ0v) is 58.5. The Labute approximate surface area is 602 Å². The summed E-state index contributed by atoms with van der Waals surface area (Å²) in [5.41, 5.74) is 11.5. The number of rotatable bonds is 8. The molecule has 101 heavy (non-hydrogen) atoms. The number of benzene rings is 8. The number of imide groups is 4. The summed E-state index contributed by atoms with van der Waals surface area (Å²) in [4.78, 5) is 123. The molecule has 2 unspecified atom stereocenters. The fourth-order valence-electron chi connectivity index (χ4n) is 13.8. The van der Waals surface area contributed by atoms with Crippen molar-refractivity contribution in [3.63, 3.8) is 0 Å². The predicted octanol–water partition coefficient (Wildman–Crippen LogP) is 15.0. The number of hydrogen-bond acceptors (Lipinski definition) is 12. The fourth-order valence-corrected chi connectivity index (χ4v) is 15.7. The smallest absolute Gasteiger partial charge is 0.259 e. The second kappa shape index (κ2) is 26.2. The Bertz CT molecular complexity index is 5820. The fraction of sp³-hybridized carbons (Fsp3) is 0.120. The van der Waals surface area contributed by atoms with Crippen molar-refractivity contribution >= 4 is 173 Å². The van der Waals surface area contributed by atoms with Crippen LogP contribution in [0.1, 0.15) is 148 Å². The van der Waals surface area contributed by atoms with Crippen molar-refractivity contribution in [1.29, 1.82) is 0 Å². The minimum atomic E-state index is -0.834. The van der Waals surface area contributed by atoms with Crippen LogP contribution in [-0.4, -0.2) is 87.8 Å². The standard InChI is InChI=1S/C19H14Cl2N2O3.C19H12Cl2N2O3.C19H15ClN2O3.C18H11ClN2O3/c2*1-8(24)17-16(21)14-12(23(17)2)7-10(9-5-3-4-6-11(9)20)13-15(14)19(26)22-18(13)25;1-9(23)14-8-12-15(22(14)2)7-11(10-5-3-4-6-13(10)20)16-17(12)19(25)21-18(16)24;1-21-9(8-22)6-12-14(21)7-11(10-4-2-3-5-13(10)19)15-16(12)18(24)20-17(15)23/h3-8,24H,1-2H3,(H,22,25,26);3-7H,1-2H3,(H,22,25,26);3-9,23H,1-2H3,(H,21,24,25);2-8H,1H3,(H,20,23,24). The summed E-state index contributed by atoms with van der Waals surface area (Å²) < 4.78 is 6.89. The predicted molar refractivity (Wildman–Crippen MR) is 387 cm³/mol. The van der Waals surface area contributed by atoms with E-state index < -0.39 is 59.5 Å². The van der Waals surface area contributed by atoms with Crippen LogP contribution in [0.4, 0.5) is 0 Å². The van der Waals surface area contributed by atoms with E-state index in [0.717, 1.165) is 11.8 Å². The third kappa shape index (κ3) is 11.2. The summed E-state index contributed by atoms with van der Waals surface area (Å²) in [6.45, 7) is 4.66. The Morgan fingerprint density at radius 3 is 1.06 bits per heavy atom. The lowest BCUT2D eigenvalue weighted by atomic mass is 9.94. The Morgan fingerprint density at radius 1 is 0.386 bits per heavy atom. The molecule has 4 aliphatic rings. The molecule has 0 saturated heterocycles. The van der Waals surface area contributed by atoms with Crippen molar-refractivity contribution in [1.82, 2.24) is 39.5 Å². The van der Waals surface area contributed by atoms with Gasteiger partial charge in [-0.1, -0.05) is 142 Å². The molecule has 0 aliphatic carbocycles. The Hall–Kier alpha value is -10.5. The van der Waals surface area contributed by atoms with Gasteiger partial charge < -0.3 is 28.5 Å². The second-order valence-electron chi connectivity index (χ2n) is 24.2. The van der Waals surface area contributed by atoms with Crippen LogP contribution in [0.5, 0.6) is 0 Å². The minimum absolute atomic E-state index is 0.168. The third-order valence-corrected chi connectivity index (χ3v) is 20.4. The van der Waals surface area contributed by atoms with E-state index in [-0.39, 0.29) is 49.3 Å². The van der Waals surface area contributed by atoms with E-state index in [4.69, 9.17) is 69.6 Å². The molecule has 0 bridgehead atoms. The van der Waals surface area contributed by atoms with Gasteiger partial charge in [0.15, 0.2) is 12.1 Å². The van der Waals surface area contributed by atoms with Crippen LogP contribution in [0.3, 0.4) is 0 Å². The van der Waals surface area contributed by atoms with Crippen molar-refractivity contribution in [2.75, 3.05) is 0 Å². The summed E-state index contributed by atoms with van der Waals surface area (Å²) >= 11 is 38.2. The molecule has 8 amide bonds. The molecular weight excluding hydrogens is 1420 g/mol. The summed E-state index contributed by atoms with van der Waals surface area (Å²) in [6, 6.07) is 39.1. The number of nitrogens with one attached hydrogen (secondary N) is 4. The highest BCUT2D eigenvalue weighted by molar-refractivity contribution is 6.44. The molecule has 0 saturated carbocycles. The van der Waals surface area contributed by atoms with Crippen LogP contribution in [0.25, 0.3) is 88.1 Å². The Kier molecular flexibility index (Phi) is 17.9. The number of aliphatic hydroxyl groups excluding tert-OH is 2. The van der Waals surface area contributed by atoms with Gasteiger partial charge in [0.25, 0.3) is 47.3 Å². The number of aromatic nitrogens is 4. The van der Waals surface area contributed by atoms with Crippen molar-refractivity contribution in [3.05, 3.63) is 231 Å².